The van der Waals surface area contributed by atoms with E-state index in [1.54, 1.807) is 0 Å². The molecule has 0 unspecified atom stereocenters. The Kier molecular flexibility index (Phi) is 12.3. The summed E-state index contributed by atoms with van der Waals surface area (Å²) in [7, 11) is 0. The Hall–Kier alpha value is -10.4. The smallest absolute Gasteiger partial charge is 0.0716 e. The zero-order valence-corrected chi connectivity index (χ0v) is 43.4. The van der Waals surface area contributed by atoms with Gasteiger partial charge in [0.25, 0.3) is 0 Å². The van der Waals surface area contributed by atoms with Gasteiger partial charge < -0.3 is 4.57 Å². The molecule has 0 saturated heterocycles. The third kappa shape index (κ3) is 9.43. The molecule has 0 bridgehead atoms. The first-order chi connectivity index (χ1) is 39.1. The highest BCUT2D eigenvalue weighted by Gasteiger charge is 2.16. The van der Waals surface area contributed by atoms with Crippen molar-refractivity contribution in [1.82, 2.24) is 9.55 Å². The van der Waals surface area contributed by atoms with Gasteiger partial charge in [-0.3, -0.25) is 0 Å². The SMILES string of the molecule is c1ccc(-c2cccc(-c3cccc(-c4ccc(-c5cc(-c6cccc(-c7cccc(-c8cccc(-c9cccc(-c%10ccccc%10)c9)c8)c7)c6)nc(-c6cccc(-n7c8ccccc8c8ccccc87)c6)c5)cc4)c3)c2)cc1. The van der Waals surface area contributed by atoms with Gasteiger partial charge in [-0.2, -0.15) is 0 Å². The molecule has 14 rings (SSSR count). The summed E-state index contributed by atoms with van der Waals surface area (Å²) in [5.74, 6) is 0. The van der Waals surface area contributed by atoms with E-state index in [0.29, 0.717) is 0 Å². The molecule has 0 N–H and O–H groups in total. The topological polar surface area (TPSA) is 17.8 Å². The van der Waals surface area contributed by atoms with Crippen LogP contribution in [0.2, 0.25) is 0 Å². The highest BCUT2D eigenvalue weighted by molar-refractivity contribution is 6.09. The third-order valence-corrected chi connectivity index (χ3v) is 15.4. The lowest BCUT2D eigenvalue weighted by atomic mass is 9.94. The van der Waals surface area contributed by atoms with Crippen LogP contribution in [0, 0.1) is 0 Å². The highest BCUT2D eigenvalue weighted by Crippen LogP contribution is 2.38. The number of nitrogens with zero attached hydrogens (tertiary/aromatic N) is 2. The molecule has 12 aromatic carbocycles. The van der Waals surface area contributed by atoms with Crippen molar-refractivity contribution in [3.8, 4) is 117 Å². The minimum Gasteiger partial charge on any atom is -0.309 e. The Morgan fingerprint density at radius 2 is 0.443 bits per heavy atom. The van der Waals surface area contributed by atoms with Crippen LogP contribution in [0.4, 0.5) is 0 Å². The van der Waals surface area contributed by atoms with Gasteiger partial charge in [-0.05, 0) is 162 Å². The second-order valence-electron chi connectivity index (χ2n) is 20.3. The maximum Gasteiger partial charge on any atom is 0.0716 e. The van der Waals surface area contributed by atoms with Gasteiger partial charge in [0.05, 0.1) is 22.4 Å². The Labute approximate surface area is 461 Å². The van der Waals surface area contributed by atoms with Crippen molar-refractivity contribution in [2.24, 2.45) is 0 Å². The minimum absolute atomic E-state index is 0.909. The zero-order chi connectivity index (χ0) is 52.5. The molecule has 2 heterocycles. The lowest BCUT2D eigenvalue weighted by Crippen LogP contribution is -1.96. The first-order valence-corrected chi connectivity index (χ1v) is 27.1. The standard InChI is InChI=1S/C77H52N2/c1-3-18-53(19-4-1)57-22-11-25-60(44-57)62-27-13-24-59(46-62)55-40-42-56(43-41-55)70-51-74(78-75(52-70)69-34-17-35-71(50-69)79-76-38-9-7-36-72(76)73-37-8-10-39-77(73)79)68-33-16-32-67(49-68)66-31-15-30-65(48-66)64-29-14-28-63(47-64)61-26-12-23-58(45-61)54-20-5-2-6-21-54/h1-52H. The van der Waals surface area contributed by atoms with Gasteiger partial charge in [0.2, 0.25) is 0 Å². The fourth-order valence-corrected chi connectivity index (χ4v) is 11.4. The Morgan fingerprint density at radius 3 is 0.835 bits per heavy atom. The van der Waals surface area contributed by atoms with Crippen LogP contribution in [0.15, 0.2) is 315 Å². The van der Waals surface area contributed by atoms with Crippen molar-refractivity contribution in [3.05, 3.63) is 315 Å². The summed E-state index contributed by atoms with van der Waals surface area (Å²) in [4.78, 5) is 5.53. The maximum absolute atomic E-state index is 5.53. The van der Waals surface area contributed by atoms with Gasteiger partial charge in [-0.25, -0.2) is 4.98 Å². The summed E-state index contributed by atoms with van der Waals surface area (Å²) in [5, 5.41) is 2.48. The lowest BCUT2D eigenvalue weighted by Gasteiger charge is -2.14. The van der Waals surface area contributed by atoms with E-state index in [1.165, 1.54) is 83.0 Å². The summed E-state index contributed by atoms with van der Waals surface area (Å²) in [6.07, 6.45) is 0. The van der Waals surface area contributed by atoms with Crippen molar-refractivity contribution in [2.45, 2.75) is 0 Å². The number of hydrogen-bond acceptors (Lipinski definition) is 1. The van der Waals surface area contributed by atoms with Crippen LogP contribution in [-0.4, -0.2) is 9.55 Å². The molecule has 0 fully saturated rings. The lowest BCUT2D eigenvalue weighted by molar-refractivity contribution is 1.18. The Morgan fingerprint density at radius 1 is 0.177 bits per heavy atom. The van der Waals surface area contributed by atoms with Crippen LogP contribution >= 0.6 is 0 Å². The minimum atomic E-state index is 0.909. The van der Waals surface area contributed by atoms with Crippen LogP contribution in [0.3, 0.4) is 0 Å². The molecular formula is C77H52N2. The predicted molar refractivity (Wildman–Crippen MR) is 333 cm³/mol. The van der Waals surface area contributed by atoms with Crippen molar-refractivity contribution < 1.29 is 0 Å². The molecule has 14 aromatic rings. The van der Waals surface area contributed by atoms with Crippen molar-refractivity contribution in [2.75, 3.05) is 0 Å². The number of para-hydroxylation sites is 2. The van der Waals surface area contributed by atoms with Crippen molar-refractivity contribution in [3.63, 3.8) is 0 Å². The third-order valence-electron chi connectivity index (χ3n) is 15.4. The predicted octanol–water partition coefficient (Wildman–Crippen LogP) is 20.8. The number of aromatic nitrogens is 2. The Balaban J connectivity index is 0.828. The van der Waals surface area contributed by atoms with E-state index in [2.05, 4.69) is 320 Å². The van der Waals surface area contributed by atoms with E-state index < -0.39 is 0 Å². The van der Waals surface area contributed by atoms with Crippen LogP contribution in [0.25, 0.3) is 139 Å². The molecule has 0 amide bonds. The molecule has 0 aliphatic carbocycles. The number of rotatable bonds is 11. The molecule has 2 aromatic heterocycles. The molecule has 0 spiro atoms. The van der Waals surface area contributed by atoms with Gasteiger partial charge >= 0.3 is 0 Å². The molecule has 2 nitrogen and oxygen atoms in total. The fraction of sp³-hybridized carbons (Fsp3) is 0. The molecule has 0 radical (unpaired) electrons. The largest absolute Gasteiger partial charge is 0.309 e. The van der Waals surface area contributed by atoms with E-state index in [1.807, 2.05) is 0 Å². The van der Waals surface area contributed by atoms with E-state index in [-0.39, 0.29) is 0 Å². The van der Waals surface area contributed by atoms with Crippen LogP contribution in [-0.2, 0) is 0 Å². The second-order valence-corrected chi connectivity index (χ2v) is 20.3. The summed E-state index contributed by atoms with van der Waals surface area (Å²) < 4.78 is 2.38. The molecule has 2 heteroatoms. The number of pyridine rings is 1. The summed E-state index contributed by atoms with van der Waals surface area (Å²) in [6, 6.07) is 114. The fourth-order valence-electron chi connectivity index (χ4n) is 11.4. The monoisotopic (exact) mass is 1000 g/mol. The highest BCUT2D eigenvalue weighted by atomic mass is 15.0. The van der Waals surface area contributed by atoms with Gasteiger partial charge in [-0.15, -0.1) is 0 Å². The molecular weight excluding hydrogens is 953 g/mol. The average molecular weight is 1010 g/mol. The van der Waals surface area contributed by atoms with Crippen molar-refractivity contribution in [1.29, 1.82) is 0 Å². The van der Waals surface area contributed by atoms with E-state index in [4.69, 9.17) is 4.98 Å². The zero-order valence-electron chi connectivity index (χ0n) is 43.4. The number of benzene rings is 12. The van der Waals surface area contributed by atoms with E-state index >= 15 is 0 Å². The number of fused-ring (bicyclic) bond motifs is 3. The van der Waals surface area contributed by atoms with Gasteiger partial charge in [0, 0.05) is 27.6 Å². The maximum atomic E-state index is 5.53. The van der Waals surface area contributed by atoms with Gasteiger partial charge in [-0.1, -0.05) is 243 Å². The second kappa shape index (κ2) is 20.6. The molecule has 0 aliphatic heterocycles. The number of hydrogen-bond donors (Lipinski definition) is 0. The first-order valence-electron chi connectivity index (χ1n) is 27.1. The van der Waals surface area contributed by atoms with Crippen LogP contribution in [0.5, 0.6) is 0 Å². The molecule has 370 valence electrons. The average Bonchev–Trinajstić information content (AvgIpc) is 4.06. The molecule has 0 atom stereocenters. The Bertz CT molecular complexity index is 4480. The van der Waals surface area contributed by atoms with E-state index in [0.717, 1.165) is 56.0 Å². The summed E-state index contributed by atoms with van der Waals surface area (Å²) >= 11 is 0. The molecule has 0 aliphatic rings. The van der Waals surface area contributed by atoms with Gasteiger partial charge in [0.1, 0.15) is 0 Å². The molecule has 0 saturated carbocycles. The van der Waals surface area contributed by atoms with Crippen LogP contribution in [0.1, 0.15) is 0 Å². The normalized spacial score (nSPS) is 11.3. The van der Waals surface area contributed by atoms with E-state index in [9.17, 15) is 0 Å². The van der Waals surface area contributed by atoms with Crippen molar-refractivity contribution >= 4 is 21.8 Å². The summed E-state index contributed by atoms with van der Waals surface area (Å²) in [6.45, 7) is 0. The first kappa shape index (κ1) is 47.1. The quantitative estimate of drug-likeness (QED) is 0.126. The summed E-state index contributed by atoms with van der Waals surface area (Å²) in [5.41, 5.74) is 26.2. The van der Waals surface area contributed by atoms with Crippen LogP contribution < -0.4 is 0 Å². The van der Waals surface area contributed by atoms with Gasteiger partial charge in [0.15, 0.2) is 0 Å². The molecule has 79 heavy (non-hydrogen) atoms.